The zero-order chi connectivity index (χ0) is 9.97. The zero-order valence-corrected chi connectivity index (χ0v) is 8.64. The molecule has 0 saturated carbocycles. The number of anilines is 1. The van der Waals surface area contributed by atoms with Gasteiger partial charge < -0.3 is 5.73 Å². The van der Waals surface area contributed by atoms with Gasteiger partial charge in [0.05, 0.1) is 0 Å². The second-order valence-electron chi connectivity index (χ2n) is 2.93. The maximum Gasteiger partial charge on any atom is 0.200 e. The highest BCUT2D eigenvalue weighted by atomic mass is 32.1. The fourth-order valence-corrected chi connectivity index (χ4v) is 1.69. The standard InChI is InChI=1S/C8H11N5S/c1-2-3-6-11-7(13-12-6)5-4-14-8(9)10-5/h4H,2-3H2,1H3,(H2,9,10)(H,11,12,13). The molecule has 2 aromatic rings. The molecular weight excluding hydrogens is 198 g/mol. The van der Waals surface area contributed by atoms with E-state index in [4.69, 9.17) is 5.73 Å². The van der Waals surface area contributed by atoms with Gasteiger partial charge in [0, 0.05) is 11.8 Å². The zero-order valence-electron chi connectivity index (χ0n) is 7.82. The third kappa shape index (κ3) is 1.74. The van der Waals surface area contributed by atoms with Crippen LogP contribution >= 0.6 is 11.3 Å². The average molecular weight is 209 g/mol. The van der Waals surface area contributed by atoms with E-state index in [-0.39, 0.29) is 0 Å². The first-order chi connectivity index (χ1) is 6.79. The summed E-state index contributed by atoms with van der Waals surface area (Å²) in [5.74, 6) is 1.52. The highest BCUT2D eigenvalue weighted by molar-refractivity contribution is 7.13. The first kappa shape index (κ1) is 9.14. The number of rotatable bonds is 3. The summed E-state index contributed by atoms with van der Waals surface area (Å²) in [6.45, 7) is 2.10. The molecule has 14 heavy (non-hydrogen) atoms. The second-order valence-corrected chi connectivity index (χ2v) is 3.82. The minimum atomic E-state index is 0.543. The first-order valence-corrected chi connectivity index (χ1v) is 5.30. The lowest BCUT2D eigenvalue weighted by molar-refractivity contribution is 0.841. The number of aromatic amines is 1. The number of nitrogen functional groups attached to an aromatic ring is 1. The van der Waals surface area contributed by atoms with E-state index in [0.717, 1.165) is 24.4 Å². The van der Waals surface area contributed by atoms with Gasteiger partial charge in [-0.25, -0.2) is 9.97 Å². The van der Waals surface area contributed by atoms with E-state index >= 15 is 0 Å². The van der Waals surface area contributed by atoms with Gasteiger partial charge in [0.2, 0.25) is 5.82 Å². The lowest BCUT2D eigenvalue weighted by atomic mass is 10.3. The van der Waals surface area contributed by atoms with E-state index < -0.39 is 0 Å². The van der Waals surface area contributed by atoms with Crippen LogP contribution in [0.5, 0.6) is 0 Å². The van der Waals surface area contributed by atoms with Crippen LogP contribution in [0.4, 0.5) is 5.13 Å². The summed E-state index contributed by atoms with van der Waals surface area (Å²) in [4.78, 5) is 8.41. The van der Waals surface area contributed by atoms with Gasteiger partial charge in [-0.1, -0.05) is 6.92 Å². The number of hydrogen-bond acceptors (Lipinski definition) is 5. The van der Waals surface area contributed by atoms with Gasteiger partial charge >= 0.3 is 0 Å². The van der Waals surface area contributed by atoms with Crippen molar-refractivity contribution in [3.05, 3.63) is 11.2 Å². The maximum absolute atomic E-state index is 5.52. The number of nitrogens with zero attached hydrogens (tertiary/aromatic N) is 3. The van der Waals surface area contributed by atoms with Crippen LogP contribution in [-0.4, -0.2) is 20.2 Å². The molecule has 0 amide bonds. The molecule has 2 rings (SSSR count). The van der Waals surface area contributed by atoms with Gasteiger partial charge in [0.15, 0.2) is 5.13 Å². The molecule has 6 heteroatoms. The Balaban J connectivity index is 2.24. The van der Waals surface area contributed by atoms with Crippen LogP contribution in [0.15, 0.2) is 5.38 Å². The van der Waals surface area contributed by atoms with Crippen LogP contribution in [0, 0.1) is 0 Å². The summed E-state index contributed by atoms with van der Waals surface area (Å²) in [5.41, 5.74) is 6.26. The largest absolute Gasteiger partial charge is 0.375 e. The third-order valence-corrected chi connectivity index (χ3v) is 2.44. The van der Waals surface area contributed by atoms with Crippen molar-refractivity contribution >= 4 is 16.5 Å². The minimum absolute atomic E-state index is 0.543. The molecule has 0 bridgehead atoms. The normalized spacial score (nSPS) is 10.6. The molecule has 0 unspecified atom stereocenters. The molecular formula is C8H11N5S. The molecule has 5 nitrogen and oxygen atoms in total. The number of aromatic nitrogens is 4. The Hall–Kier alpha value is -1.43. The lowest BCUT2D eigenvalue weighted by Gasteiger charge is -1.86. The Morgan fingerprint density at radius 2 is 2.36 bits per heavy atom. The van der Waals surface area contributed by atoms with E-state index in [9.17, 15) is 0 Å². The van der Waals surface area contributed by atoms with Gasteiger partial charge in [-0.05, 0) is 6.42 Å². The first-order valence-electron chi connectivity index (χ1n) is 4.42. The molecule has 0 aliphatic rings. The van der Waals surface area contributed by atoms with E-state index in [1.165, 1.54) is 11.3 Å². The molecule has 0 saturated heterocycles. The Bertz CT molecular complexity index is 419. The summed E-state index contributed by atoms with van der Waals surface area (Å²) < 4.78 is 0. The molecule has 0 spiro atoms. The van der Waals surface area contributed by atoms with Crippen molar-refractivity contribution in [3.63, 3.8) is 0 Å². The molecule has 0 aliphatic carbocycles. The van der Waals surface area contributed by atoms with Crippen molar-refractivity contribution in [1.82, 2.24) is 20.2 Å². The minimum Gasteiger partial charge on any atom is -0.375 e. The van der Waals surface area contributed by atoms with Crippen molar-refractivity contribution in [1.29, 1.82) is 0 Å². The molecule has 0 atom stereocenters. The number of hydrogen-bond donors (Lipinski definition) is 2. The highest BCUT2D eigenvalue weighted by Crippen LogP contribution is 2.19. The number of nitrogens with two attached hydrogens (primary N) is 1. The highest BCUT2D eigenvalue weighted by Gasteiger charge is 2.08. The summed E-state index contributed by atoms with van der Waals surface area (Å²) in [6, 6.07) is 0. The molecule has 0 aliphatic heterocycles. The summed E-state index contributed by atoms with van der Waals surface area (Å²) in [6.07, 6.45) is 1.96. The van der Waals surface area contributed by atoms with Crippen molar-refractivity contribution in [2.24, 2.45) is 0 Å². The van der Waals surface area contributed by atoms with Crippen LogP contribution in [0.25, 0.3) is 11.5 Å². The van der Waals surface area contributed by atoms with Crippen molar-refractivity contribution in [2.75, 3.05) is 5.73 Å². The molecule has 3 N–H and O–H groups in total. The SMILES string of the molecule is CCCc1nc(-c2csc(N)n2)n[nH]1. The average Bonchev–Trinajstić information content (AvgIpc) is 2.74. The summed E-state index contributed by atoms with van der Waals surface area (Å²) >= 11 is 1.39. The Labute approximate surface area is 85.4 Å². The monoisotopic (exact) mass is 209 g/mol. The number of aryl methyl sites for hydroxylation is 1. The second kappa shape index (κ2) is 3.75. The predicted molar refractivity (Wildman–Crippen MR) is 55.9 cm³/mol. The molecule has 2 aromatic heterocycles. The molecule has 2 heterocycles. The van der Waals surface area contributed by atoms with Gasteiger partial charge in [0.1, 0.15) is 11.5 Å². The van der Waals surface area contributed by atoms with Gasteiger partial charge in [-0.2, -0.15) is 5.10 Å². The lowest BCUT2D eigenvalue weighted by Crippen LogP contribution is -1.86. The van der Waals surface area contributed by atoms with E-state index in [1.54, 1.807) is 0 Å². The Morgan fingerprint density at radius 3 is 3.00 bits per heavy atom. The van der Waals surface area contributed by atoms with Gasteiger partial charge in [0.25, 0.3) is 0 Å². The summed E-state index contributed by atoms with van der Waals surface area (Å²) in [7, 11) is 0. The van der Waals surface area contributed by atoms with Crippen molar-refractivity contribution < 1.29 is 0 Å². The van der Waals surface area contributed by atoms with Gasteiger partial charge in [-0.3, -0.25) is 5.10 Å². The van der Waals surface area contributed by atoms with Crippen molar-refractivity contribution in [2.45, 2.75) is 19.8 Å². The van der Waals surface area contributed by atoms with Crippen LogP contribution < -0.4 is 5.73 Å². The van der Waals surface area contributed by atoms with E-state index in [1.807, 2.05) is 5.38 Å². The fraction of sp³-hybridized carbons (Fsp3) is 0.375. The van der Waals surface area contributed by atoms with Gasteiger partial charge in [-0.15, -0.1) is 11.3 Å². The molecule has 0 aromatic carbocycles. The van der Waals surface area contributed by atoms with Crippen LogP contribution in [-0.2, 0) is 6.42 Å². The topological polar surface area (TPSA) is 80.5 Å². The smallest absolute Gasteiger partial charge is 0.200 e. The van der Waals surface area contributed by atoms with Crippen LogP contribution in [0.1, 0.15) is 19.2 Å². The number of H-pyrrole nitrogens is 1. The Morgan fingerprint density at radius 1 is 1.50 bits per heavy atom. The molecule has 0 fully saturated rings. The fourth-order valence-electron chi connectivity index (χ4n) is 1.15. The van der Waals surface area contributed by atoms with Crippen LogP contribution in [0.3, 0.4) is 0 Å². The quantitative estimate of drug-likeness (QED) is 0.802. The van der Waals surface area contributed by atoms with E-state index in [2.05, 4.69) is 27.1 Å². The van der Waals surface area contributed by atoms with Crippen molar-refractivity contribution in [3.8, 4) is 11.5 Å². The third-order valence-electron chi connectivity index (χ3n) is 1.77. The predicted octanol–water partition coefficient (Wildman–Crippen LogP) is 1.46. The molecule has 74 valence electrons. The number of thiazole rings is 1. The Kier molecular flexibility index (Phi) is 2.45. The summed E-state index contributed by atoms with van der Waals surface area (Å²) in [5, 5.41) is 9.35. The number of nitrogens with one attached hydrogen (secondary N) is 1. The maximum atomic E-state index is 5.52. The van der Waals surface area contributed by atoms with E-state index in [0.29, 0.717) is 11.0 Å². The molecule has 0 radical (unpaired) electrons. The van der Waals surface area contributed by atoms with Crippen LogP contribution in [0.2, 0.25) is 0 Å².